The molecule has 0 saturated heterocycles. The molecular formula is C73H81BrCl5F13N8O11. The number of nitrogens with zero attached hydrogens (tertiary/aromatic N) is 6. The standard InChI is InChI=1S/C31H26ClF5N4O2.C10H11ClF2N2O2.C8H9ClF2N2.C8H9ClF2O2.C6H11BrO2.C6H10O.C4H5ClF2O2/c32-31(36,37)29-24-4-1-2-6-27(24)41(40-29)16-22(42)13-19(10-17-11-20(33)15-21(34)12-17)28-23(5-3-9-39-28)18-7-8-26(35)25(14-18)30(38)43;11-10(12,13)9-6-3-1-2-4-7(6)15(14-9)5-8(16)17;9-8(10,11)7-5-3-1-2-4-6(5)12-13-7;9-8(10,11)7(13)5-3-1-2-4-6(5)12;1-6(2,3)9-5(8)4-7;7-6-4-2-1-3-5-6;1-2-9-3(8)4(5,6)7/h3,5,7-9,11-12,14-15,19H,1-2,4,6,10,13,16H2,(H2,38,43);1-5H2,(H,16,17);1-4H2,(H,12,13);5H,1-4H2;4H2,1-3H3;1-5H2;2H2,1H3/t19-;;;;;;/m1....../s1. The number of aliphatic carboxylic acids is 1. The van der Waals surface area contributed by atoms with E-state index in [1.54, 1.807) is 12.1 Å². The average molecular weight is 1750 g/mol. The molecule has 2 saturated carbocycles. The number of amides is 1. The minimum absolute atomic E-state index is 0.0173. The lowest BCUT2D eigenvalue weighted by molar-refractivity contribution is -0.160. The van der Waals surface area contributed by atoms with Crippen molar-refractivity contribution in [1.29, 1.82) is 0 Å². The number of carboxylic acids is 1. The molecule has 4 N–H and O–H groups in total. The van der Waals surface area contributed by atoms with E-state index in [0.29, 0.717) is 102 Å². The Hall–Kier alpha value is -7.20. The topological polar surface area (TPSA) is 278 Å². The van der Waals surface area contributed by atoms with Crippen LogP contribution in [-0.4, -0.2) is 115 Å². The van der Waals surface area contributed by atoms with E-state index in [2.05, 4.69) is 69.2 Å². The van der Waals surface area contributed by atoms with Gasteiger partial charge < -0.3 is 20.3 Å². The number of carbonyl (C=O) groups excluding carboxylic acids is 7. The van der Waals surface area contributed by atoms with Crippen molar-refractivity contribution in [2.24, 2.45) is 11.7 Å². The number of hydrogen-bond acceptors (Lipinski definition) is 14. The molecule has 0 aliphatic heterocycles. The number of esters is 2. The number of nitrogens with one attached hydrogen (secondary N) is 1. The van der Waals surface area contributed by atoms with Crippen LogP contribution in [0.5, 0.6) is 0 Å². The number of pyridine rings is 1. The third-order valence-electron chi connectivity index (χ3n) is 17.2. The first-order chi connectivity index (χ1) is 51.6. The number of rotatable bonds is 19. The van der Waals surface area contributed by atoms with Gasteiger partial charge in [0.1, 0.15) is 46.5 Å². The summed E-state index contributed by atoms with van der Waals surface area (Å²) in [5, 5.41) is 4.48. The third kappa shape index (κ3) is 30.3. The molecule has 2 aromatic carbocycles. The monoisotopic (exact) mass is 1750 g/mol. The summed E-state index contributed by atoms with van der Waals surface area (Å²) in [5.41, 5.74) is 8.03. The molecule has 4 heterocycles. The summed E-state index contributed by atoms with van der Waals surface area (Å²) in [5.74, 6) is -10.1. The van der Waals surface area contributed by atoms with E-state index in [1.165, 1.54) is 36.4 Å². The Bertz CT molecular complexity index is 4180. The Morgan fingerprint density at radius 2 is 1.16 bits per heavy atom. The Labute approximate surface area is 663 Å². The quantitative estimate of drug-likeness (QED) is 0.0294. The summed E-state index contributed by atoms with van der Waals surface area (Å²) in [4.78, 5) is 93.4. The molecule has 0 bridgehead atoms. The van der Waals surface area contributed by atoms with Crippen molar-refractivity contribution in [2.75, 3.05) is 11.9 Å². The summed E-state index contributed by atoms with van der Waals surface area (Å²) in [6.07, 6.45) is 16.6. The first-order valence-electron chi connectivity index (χ1n) is 35.0. The van der Waals surface area contributed by atoms with Crippen LogP contribution in [0.3, 0.4) is 0 Å². The number of alkyl halides is 16. The van der Waals surface area contributed by atoms with Gasteiger partial charge in [0, 0.05) is 83.2 Å². The second-order valence-corrected chi connectivity index (χ2v) is 29.9. The predicted octanol–water partition coefficient (Wildman–Crippen LogP) is 18.1. The molecule has 5 aliphatic rings. The molecule has 1 unspecified atom stereocenters. The van der Waals surface area contributed by atoms with Gasteiger partial charge in [-0.1, -0.05) is 40.9 Å². The van der Waals surface area contributed by atoms with Gasteiger partial charge in [-0.2, -0.15) is 59.2 Å². The number of hydrogen-bond donors (Lipinski definition) is 3. The van der Waals surface area contributed by atoms with Gasteiger partial charge in [0.2, 0.25) is 5.78 Å². The minimum atomic E-state index is -3.89. The van der Waals surface area contributed by atoms with E-state index in [9.17, 15) is 95.4 Å². The van der Waals surface area contributed by atoms with Crippen LogP contribution < -0.4 is 5.73 Å². The van der Waals surface area contributed by atoms with Crippen LogP contribution in [-0.2, 0) is 117 Å². The SMILES string of the molecule is CC(C)(C)OC(=O)CBr.CCOC(=O)C(F)(F)Cl.FC(F)(Cl)c1n[nH]c2c1CCCC2.NC(=O)c1cc(-c2cccnc2[C@@H](CC(=O)Cn2nc(C(F)(F)Cl)c3c2CCCC3)Cc2cc(F)cc(F)c2)ccc1F.O=C(O)Cn1nc(C(F)(F)Cl)c2c1CCCC2.O=C1CCCCC1.O=C1CCCCC1C(=O)C(F)(F)Cl. The van der Waals surface area contributed by atoms with Crippen LogP contribution in [0.1, 0.15) is 209 Å². The van der Waals surface area contributed by atoms with Crippen LogP contribution in [0.4, 0.5) is 57.1 Å². The summed E-state index contributed by atoms with van der Waals surface area (Å²) in [6, 6.07) is 10.1. The molecule has 5 aliphatic carbocycles. The molecule has 0 spiro atoms. The predicted molar refractivity (Wildman–Crippen MR) is 388 cm³/mol. The molecule has 11 rings (SSSR count). The summed E-state index contributed by atoms with van der Waals surface area (Å²) in [7, 11) is 0. The maximum Gasteiger partial charge on any atom is 0.417 e. The number of primary amides is 1. The average Bonchev–Trinajstić information content (AvgIpc) is 1.66. The number of carbonyl (C=O) groups is 8. The van der Waals surface area contributed by atoms with E-state index in [-0.39, 0.29) is 72.6 Å². The van der Waals surface area contributed by atoms with Crippen molar-refractivity contribution in [2.45, 2.75) is 227 Å². The second kappa shape index (κ2) is 42.2. The van der Waals surface area contributed by atoms with Gasteiger partial charge in [-0.25, -0.2) is 18.0 Å². The van der Waals surface area contributed by atoms with Crippen molar-refractivity contribution < 1.29 is 110 Å². The van der Waals surface area contributed by atoms with E-state index < -0.39 is 109 Å². The van der Waals surface area contributed by atoms with Gasteiger partial charge in [-0.05, 0) is 236 Å². The lowest BCUT2D eigenvalue weighted by Crippen LogP contribution is -2.36. The Balaban J connectivity index is 0.000000265. The Morgan fingerprint density at radius 3 is 1.61 bits per heavy atom. The van der Waals surface area contributed by atoms with Gasteiger partial charge in [-0.15, -0.1) is 0 Å². The number of H-pyrrole nitrogens is 1. The fourth-order valence-corrected chi connectivity index (χ4v) is 13.3. The van der Waals surface area contributed by atoms with Gasteiger partial charge in [-0.3, -0.25) is 53.0 Å². The number of benzene rings is 2. The largest absolute Gasteiger partial charge is 0.480 e. The molecule has 2 fully saturated rings. The number of nitrogens with two attached hydrogens (primary N) is 1. The second-order valence-electron chi connectivity index (χ2n) is 27.0. The highest BCUT2D eigenvalue weighted by Crippen LogP contribution is 2.42. The van der Waals surface area contributed by atoms with Crippen LogP contribution >= 0.6 is 73.9 Å². The zero-order valence-corrected chi connectivity index (χ0v) is 65.8. The molecule has 111 heavy (non-hydrogen) atoms. The Morgan fingerprint density at radius 1 is 0.649 bits per heavy atom. The number of aryl methyl sites for hydroxylation is 1. The highest BCUT2D eigenvalue weighted by atomic mass is 79.9. The highest BCUT2D eigenvalue weighted by Gasteiger charge is 2.45. The van der Waals surface area contributed by atoms with Crippen molar-refractivity contribution in [3.63, 3.8) is 0 Å². The fraction of sp³-hybridized carbons (Fsp3) is 0.534. The van der Waals surface area contributed by atoms with Crippen molar-refractivity contribution in [3.8, 4) is 11.1 Å². The number of ether oxygens (including phenoxy) is 2. The number of aromatic nitrogens is 7. The zero-order valence-electron chi connectivity index (χ0n) is 60.4. The highest BCUT2D eigenvalue weighted by molar-refractivity contribution is 9.09. The Kier molecular flexibility index (Phi) is 35.9. The van der Waals surface area contributed by atoms with Gasteiger partial charge >= 0.3 is 44.8 Å². The van der Waals surface area contributed by atoms with E-state index in [4.69, 9.17) is 50.4 Å². The maximum atomic E-state index is 14.2. The number of ketones is 4. The van der Waals surface area contributed by atoms with E-state index >= 15 is 0 Å². The van der Waals surface area contributed by atoms with Crippen LogP contribution in [0, 0.1) is 23.4 Å². The molecule has 0 radical (unpaired) electrons. The van der Waals surface area contributed by atoms with Crippen LogP contribution in [0.25, 0.3) is 11.1 Å². The molecule has 38 heteroatoms. The molecule has 19 nitrogen and oxygen atoms in total. The zero-order chi connectivity index (χ0) is 83.1. The summed E-state index contributed by atoms with van der Waals surface area (Å²) < 4.78 is 182. The summed E-state index contributed by atoms with van der Waals surface area (Å²) >= 11 is 27.0. The van der Waals surface area contributed by atoms with E-state index in [1.807, 2.05) is 20.8 Å². The first kappa shape index (κ1) is 94.4. The molecule has 4 aromatic heterocycles. The van der Waals surface area contributed by atoms with Gasteiger partial charge in [0.05, 0.1) is 30.3 Å². The number of fused-ring (bicyclic) bond motifs is 3. The lowest BCUT2D eigenvalue weighted by Gasteiger charge is -2.20. The lowest BCUT2D eigenvalue weighted by atomic mass is 9.85. The van der Waals surface area contributed by atoms with Crippen LogP contribution in [0.2, 0.25) is 0 Å². The van der Waals surface area contributed by atoms with Gasteiger partial charge in [0.25, 0.3) is 5.91 Å². The van der Waals surface area contributed by atoms with Crippen LogP contribution in [0.15, 0.2) is 54.7 Å². The molecule has 612 valence electrons. The smallest absolute Gasteiger partial charge is 0.417 e. The number of halogens is 19. The van der Waals surface area contributed by atoms with E-state index in [0.717, 1.165) is 98.8 Å². The molecule has 6 aromatic rings. The molecular weight excluding hydrogens is 1670 g/mol. The fourth-order valence-electron chi connectivity index (χ4n) is 12.5. The third-order valence-corrected chi connectivity index (χ3v) is 18.6. The van der Waals surface area contributed by atoms with Gasteiger partial charge in [0.15, 0.2) is 22.9 Å². The number of Topliss-reactive ketones (excluding diaryl/α,β-unsaturated/α-hetero) is 4. The number of aromatic amines is 1. The van der Waals surface area contributed by atoms with Crippen molar-refractivity contribution in [3.05, 3.63) is 140 Å². The number of carboxylic acid groups (broad SMARTS) is 1. The van der Waals surface area contributed by atoms with Crippen molar-refractivity contribution in [1.82, 2.24) is 34.7 Å². The molecule has 2 atom stereocenters. The molecule has 1 amide bonds. The maximum absolute atomic E-state index is 14.2. The minimum Gasteiger partial charge on any atom is -0.480 e. The normalized spacial score (nSPS) is 15.9. The van der Waals surface area contributed by atoms with Crippen molar-refractivity contribution >= 4 is 121 Å². The first-order valence-corrected chi connectivity index (χ1v) is 38.0. The summed E-state index contributed by atoms with van der Waals surface area (Å²) in [6.45, 7) is 6.11.